The van der Waals surface area contributed by atoms with Crippen LogP contribution in [0.4, 0.5) is 0 Å². The van der Waals surface area contributed by atoms with Crippen molar-refractivity contribution in [2.24, 2.45) is 17.8 Å². The summed E-state index contributed by atoms with van der Waals surface area (Å²) in [6, 6.07) is 4.80. The molecular weight excluding hydrogens is 423 g/mol. The molecule has 34 heavy (non-hydrogen) atoms. The van der Waals surface area contributed by atoms with Gasteiger partial charge in [0.15, 0.2) is 6.79 Å². The van der Waals surface area contributed by atoms with Crippen molar-refractivity contribution in [1.82, 2.24) is 0 Å². The second-order valence-electron chi connectivity index (χ2n) is 13.5. The molecule has 4 aliphatic carbocycles. The maximum absolute atomic E-state index is 6.60. The van der Waals surface area contributed by atoms with Gasteiger partial charge in [-0.2, -0.15) is 0 Å². The number of hydrogen-bond acceptors (Lipinski definition) is 4. The fraction of sp³-hybridized carbons (Fsp3) is 0.793. The van der Waals surface area contributed by atoms with E-state index in [4.69, 9.17) is 18.8 Å². The van der Waals surface area contributed by atoms with Crippen LogP contribution in [-0.2, 0) is 24.9 Å². The minimum atomic E-state index is -0.447. The molecule has 1 heterocycles. The Balaban J connectivity index is 1.69. The molecule has 0 spiro atoms. The summed E-state index contributed by atoms with van der Waals surface area (Å²) in [6.07, 6.45) is 9.24. The average molecular weight is 468 g/mol. The SMILES string of the molecule is CCC(C)(C)c1cc(B2OC(C)(C)C(C)(C)O2)c(OCOC)c(C23CC4CC(CC(C4)C2)C3)c1. The van der Waals surface area contributed by atoms with E-state index in [0.717, 1.165) is 35.4 Å². The predicted molar refractivity (Wildman–Crippen MR) is 138 cm³/mol. The van der Waals surface area contributed by atoms with Gasteiger partial charge in [-0.1, -0.05) is 32.9 Å². The number of methoxy groups -OCH3 is 1. The third kappa shape index (κ3) is 3.94. The molecule has 1 saturated heterocycles. The highest BCUT2D eigenvalue weighted by molar-refractivity contribution is 6.63. The minimum Gasteiger partial charge on any atom is -0.468 e. The van der Waals surface area contributed by atoms with Gasteiger partial charge in [-0.15, -0.1) is 0 Å². The molecule has 0 N–H and O–H groups in total. The summed E-state index contributed by atoms with van der Waals surface area (Å²) in [5.41, 5.74) is 3.29. The lowest BCUT2D eigenvalue weighted by Gasteiger charge is -2.57. The van der Waals surface area contributed by atoms with Gasteiger partial charge in [0.25, 0.3) is 0 Å². The Morgan fingerprint density at radius 2 is 1.47 bits per heavy atom. The summed E-state index contributed by atoms with van der Waals surface area (Å²) in [5.74, 6) is 3.55. The highest BCUT2D eigenvalue weighted by Crippen LogP contribution is 2.62. The Hall–Kier alpha value is -1.04. The maximum atomic E-state index is 6.60. The third-order valence-electron chi connectivity index (χ3n) is 10.2. The van der Waals surface area contributed by atoms with Crippen LogP contribution < -0.4 is 10.2 Å². The van der Waals surface area contributed by atoms with Crippen LogP contribution in [0, 0.1) is 17.8 Å². The molecule has 5 aliphatic rings. The summed E-state index contributed by atoms with van der Waals surface area (Å²) in [7, 11) is 1.25. The molecule has 0 unspecified atom stereocenters. The molecule has 5 fully saturated rings. The van der Waals surface area contributed by atoms with Crippen molar-refractivity contribution < 1.29 is 18.8 Å². The monoisotopic (exact) mass is 468 g/mol. The molecule has 1 aromatic carbocycles. The highest BCUT2D eigenvalue weighted by atomic mass is 16.7. The molecule has 1 aliphatic heterocycles. The quantitative estimate of drug-likeness (QED) is 0.357. The minimum absolute atomic E-state index is 0.0647. The first-order chi connectivity index (χ1) is 15.9. The zero-order chi connectivity index (χ0) is 24.5. The summed E-state index contributed by atoms with van der Waals surface area (Å²) >= 11 is 0. The average Bonchev–Trinajstić information content (AvgIpc) is 2.97. The van der Waals surface area contributed by atoms with E-state index in [1.807, 2.05) is 0 Å². The highest BCUT2D eigenvalue weighted by Gasteiger charge is 2.56. The molecule has 0 radical (unpaired) electrons. The van der Waals surface area contributed by atoms with Crippen molar-refractivity contribution in [2.45, 2.75) is 115 Å². The van der Waals surface area contributed by atoms with Crippen LogP contribution in [0.2, 0.25) is 0 Å². The summed E-state index contributed by atoms with van der Waals surface area (Å²) < 4.78 is 25.1. The van der Waals surface area contributed by atoms with Gasteiger partial charge in [0, 0.05) is 18.1 Å². The Kier molecular flexibility index (Phi) is 5.98. The number of benzene rings is 1. The van der Waals surface area contributed by atoms with Crippen LogP contribution in [0.5, 0.6) is 5.75 Å². The maximum Gasteiger partial charge on any atom is 0.498 e. The Bertz CT molecular complexity index is 883. The molecule has 4 nitrogen and oxygen atoms in total. The van der Waals surface area contributed by atoms with E-state index in [9.17, 15) is 0 Å². The van der Waals surface area contributed by atoms with E-state index < -0.39 is 18.3 Å². The smallest absolute Gasteiger partial charge is 0.468 e. The van der Waals surface area contributed by atoms with Crippen molar-refractivity contribution in [3.05, 3.63) is 23.3 Å². The summed E-state index contributed by atoms with van der Waals surface area (Å²) in [6.45, 7) is 15.7. The van der Waals surface area contributed by atoms with Crippen LogP contribution >= 0.6 is 0 Å². The van der Waals surface area contributed by atoms with Crippen LogP contribution in [0.1, 0.15) is 105 Å². The zero-order valence-corrected chi connectivity index (χ0v) is 22.8. The van der Waals surface area contributed by atoms with Gasteiger partial charge < -0.3 is 18.8 Å². The van der Waals surface area contributed by atoms with E-state index in [2.05, 4.69) is 60.6 Å². The standard InChI is InChI=1S/C29H45BO4/c1-9-26(2,3)22-13-23(29-15-19-10-20(16-29)12-21(11-19)17-29)25(32-18-31-8)24(14-22)30-33-27(4,5)28(6,7)34-30/h13-14,19-21H,9-12,15-18H2,1-8H3. The topological polar surface area (TPSA) is 36.9 Å². The first kappa shape index (κ1) is 24.7. The number of rotatable bonds is 7. The van der Waals surface area contributed by atoms with Gasteiger partial charge in [0.05, 0.1) is 11.2 Å². The van der Waals surface area contributed by atoms with Crippen molar-refractivity contribution in [3.8, 4) is 5.75 Å². The fourth-order valence-corrected chi connectivity index (χ4v) is 7.50. The molecule has 4 saturated carbocycles. The Morgan fingerprint density at radius 1 is 0.941 bits per heavy atom. The van der Waals surface area contributed by atoms with Gasteiger partial charge in [0.1, 0.15) is 5.75 Å². The van der Waals surface area contributed by atoms with Crippen molar-refractivity contribution in [1.29, 1.82) is 0 Å². The van der Waals surface area contributed by atoms with Gasteiger partial charge in [-0.3, -0.25) is 0 Å². The lowest BCUT2D eigenvalue weighted by molar-refractivity contribution is -0.00878. The largest absolute Gasteiger partial charge is 0.498 e. The second kappa shape index (κ2) is 8.25. The predicted octanol–water partition coefficient (Wildman–Crippen LogP) is 6.12. The van der Waals surface area contributed by atoms with E-state index in [1.165, 1.54) is 49.7 Å². The zero-order valence-electron chi connectivity index (χ0n) is 22.8. The van der Waals surface area contributed by atoms with Crippen LogP contribution in [0.3, 0.4) is 0 Å². The Morgan fingerprint density at radius 3 is 1.94 bits per heavy atom. The van der Waals surface area contributed by atoms with Crippen molar-refractivity contribution in [2.75, 3.05) is 13.9 Å². The number of hydrogen-bond donors (Lipinski definition) is 0. The van der Waals surface area contributed by atoms with Gasteiger partial charge in [-0.05, 0) is 107 Å². The van der Waals surface area contributed by atoms with E-state index in [-0.39, 0.29) is 17.6 Å². The lowest BCUT2D eigenvalue weighted by Crippen LogP contribution is -2.49. The normalized spacial score (nSPS) is 33.5. The van der Waals surface area contributed by atoms with E-state index in [0.29, 0.717) is 0 Å². The molecule has 1 aromatic rings. The molecule has 0 atom stereocenters. The fourth-order valence-electron chi connectivity index (χ4n) is 7.50. The molecular formula is C29H45BO4. The molecule has 4 bridgehead atoms. The van der Waals surface area contributed by atoms with Crippen LogP contribution in [0.25, 0.3) is 0 Å². The van der Waals surface area contributed by atoms with Crippen LogP contribution in [0.15, 0.2) is 12.1 Å². The summed E-state index contributed by atoms with van der Waals surface area (Å²) in [4.78, 5) is 0. The third-order valence-corrected chi connectivity index (χ3v) is 10.2. The lowest BCUT2D eigenvalue weighted by atomic mass is 9.47. The van der Waals surface area contributed by atoms with Crippen LogP contribution in [-0.4, -0.2) is 32.2 Å². The number of ether oxygens (including phenoxy) is 2. The van der Waals surface area contributed by atoms with Crippen molar-refractivity contribution >= 4 is 12.6 Å². The van der Waals surface area contributed by atoms with E-state index >= 15 is 0 Å². The van der Waals surface area contributed by atoms with Gasteiger partial charge >= 0.3 is 7.12 Å². The van der Waals surface area contributed by atoms with E-state index in [1.54, 1.807) is 7.11 Å². The second-order valence-corrected chi connectivity index (χ2v) is 13.5. The first-order valence-corrected chi connectivity index (χ1v) is 13.6. The molecule has 6 rings (SSSR count). The summed E-state index contributed by atoms with van der Waals surface area (Å²) in [5, 5.41) is 0. The van der Waals surface area contributed by atoms with Crippen molar-refractivity contribution in [3.63, 3.8) is 0 Å². The van der Waals surface area contributed by atoms with Gasteiger partial charge in [-0.25, -0.2) is 0 Å². The molecule has 188 valence electrons. The molecule has 0 aromatic heterocycles. The first-order valence-electron chi connectivity index (χ1n) is 13.6. The van der Waals surface area contributed by atoms with Gasteiger partial charge in [0.2, 0.25) is 0 Å². The Labute approximate surface area is 207 Å². The molecule has 5 heteroatoms. The molecule has 0 amide bonds.